The van der Waals surface area contributed by atoms with Gasteiger partial charge in [-0.1, -0.05) is 12.1 Å². The molecule has 1 N–H and O–H groups in total. The molecule has 1 aliphatic heterocycles. The number of carboxylic acid groups (broad SMARTS) is 1. The van der Waals surface area contributed by atoms with Crippen LogP contribution in [0.15, 0.2) is 29.2 Å². The van der Waals surface area contributed by atoms with Crippen LogP contribution in [-0.2, 0) is 14.8 Å². The highest BCUT2D eigenvalue weighted by Crippen LogP contribution is 2.35. The molecular weight excluding hydrogens is 273 g/mol. The van der Waals surface area contributed by atoms with Crippen LogP contribution in [-0.4, -0.2) is 35.9 Å². The quantitative estimate of drug-likeness (QED) is 0.913. The molecule has 0 radical (unpaired) electrons. The fraction of sp³-hybridized carbons (Fsp3) is 0.417. The third kappa shape index (κ3) is 2.12. The fourth-order valence-electron chi connectivity index (χ4n) is 2.31. The molecule has 5 nitrogen and oxygen atoms in total. The number of hydrogen-bond donors (Lipinski definition) is 1. The molecule has 7 heteroatoms. The minimum Gasteiger partial charge on any atom is -0.480 e. The predicted octanol–water partition coefficient (Wildman–Crippen LogP) is 1.45. The second-order valence-electron chi connectivity index (χ2n) is 4.69. The number of carboxylic acids is 1. The Morgan fingerprint density at radius 2 is 2.05 bits per heavy atom. The molecule has 19 heavy (non-hydrogen) atoms. The molecule has 1 unspecified atom stereocenters. The van der Waals surface area contributed by atoms with E-state index >= 15 is 0 Å². The van der Waals surface area contributed by atoms with E-state index in [0.717, 1.165) is 16.4 Å². The van der Waals surface area contributed by atoms with E-state index in [2.05, 4.69) is 0 Å². The first-order valence-corrected chi connectivity index (χ1v) is 7.25. The highest BCUT2D eigenvalue weighted by atomic mass is 32.2. The lowest BCUT2D eigenvalue weighted by Gasteiger charge is -2.30. The average Bonchev–Trinajstić information content (AvgIpc) is 2.74. The van der Waals surface area contributed by atoms with Crippen LogP contribution in [0.25, 0.3) is 0 Å². The van der Waals surface area contributed by atoms with Gasteiger partial charge in [0.15, 0.2) is 0 Å². The van der Waals surface area contributed by atoms with Gasteiger partial charge in [0.25, 0.3) is 0 Å². The summed E-state index contributed by atoms with van der Waals surface area (Å²) in [5, 5.41) is 9.22. The Hall–Kier alpha value is -1.47. The van der Waals surface area contributed by atoms with Crippen molar-refractivity contribution in [1.29, 1.82) is 0 Å². The number of sulfonamides is 1. The Bertz CT molecular complexity index is 616. The van der Waals surface area contributed by atoms with Gasteiger partial charge in [-0.2, -0.15) is 4.31 Å². The fourth-order valence-corrected chi connectivity index (χ4v) is 4.18. The molecule has 0 bridgehead atoms. The van der Waals surface area contributed by atoms with Crippen LogP contribution in [0.3, 0.4) is 0 Å². The Kier molecular flexibility index (Phi) is 3.36. The van der Waals surface area contributed by atoms with E-state index in [-0.39, 0.29) is 13.0 Å². The summed E-state index contributed by atoms with van der Waals surface area (Å²) < 4.78 is 39.3. The van der Waals surface area contributed by atoms with Gasteiger partial charge >= 0.3 is 5.97 Å². The molecular formula is C12H14FNO4S. The van der Waals surface area contributed by atoms with Crippen molar-refractivity contribution < 1.29 is 22.7 Å². The maximum Gasteiger partial charge on any atom is 0.324 e. The smallest absolute Gasteiger partial charge is 0.324 e. The largest absolute Gasteiger partial charge is 0.480 e. The van der Waals surface area contributed by atoms with E-state index in [1.807, 2.05) is 0 Å². The maximum atomic E-state index is 13.6. The standard InChI is InChI=1S/C12H14FNO4S/c1-12(11(15)16)7-4-8-14(12)19(17,18)10-6-3-2-5-9(10)13/h2-3,5-6H,4,7-8H2,1H3,(H,15,16). The van der Waals surface area contributed by atoms with Crippen LogP contribution in [0.1, 0.15) is 19.8 Å². The Morgan fingerprint density at radius 1 is 1.42 bits per heavy atom. The lowest BCUT2D eigenvalue weighted by atomic mass is 10.0. The third-order valence-electron chi connectivity index (χ3n) is 3.44. The van der Waals surface area contributed by atoms with Crippen LogP contribution in [0.4, 0.5) is 4.39 Å². The van der Waals surface area contributed by atoms with E-state index in [0.29, 0.717) is 6.42 Å². The summed E-state index contributed by atoms with van der Waals surface area (Å²) in [6.07, 6.45) is 0.659. The lowest BCUT2D eigenvalue weighted by molar-refractivity contribution is -0.146. The summed E-state index contributed by atoms with van der Waals surface area (Å²) in [7, 11) is -4.14. The van der Waals surface area contributed by atoms with Gasteiger partial charge in [-0.15, -0.1) is 0 Å². The molecule has 1 saturated heterocycles. The molecule has 1 aromatic rings. The summed E-state index contributed by atoms with van der Waals surface area (Å²) >= 11 is 0. The van der Waals surface area contributed by atoms with E-state index < -0.39 is 32.2 Å². The zero-order valence-electron chi connectivity index (χ0n) is 10.3. The third-order valence-corrected chi connectivity index (χ3v) is 5.49. The number of rotatable bonds is 3. The lowest BCUT2D eigenvalue weighted by Crippen LogP contribution is -2.50. The molecule has 1 aliphatic rings. The first kappa shape index (κ1) is 14.0. The van der Waals surface area contributed by atoms with E-state index in [1.165, 1.54) is 19.1 Å². The van der Waals surface area contributed by atoms with Crippen molar-refractivity contribution in [2.45, 2.75) is 30.2 Å². The molecule has 0 aromatic heterocycles. The zero-order chi connectivity index (χ0) is 14.3. The predicted molar refractivity (Wildman–Crippen MR) is 65.6 cm³/mol. The van der Waals surface area contributed by atoms with Crippen molar-refractivity contribution in [1.82, 2.24) is 4.31 Å². The number of hydrogen-bond acceptors (Lipinski definition) is 3. The topological polar surface area (TPSA) is 74.7 Å². The highest BCUT2D eigenvalue weighted by molar-refractivity contribution is 7.89. The van der Waals surface area contributed by atoms with Crippen molar-refractivity contribution in [3.05, 3.63) is 30.1 Å². The molecule has 1 fully saturated rings. The van der Waals surface area contributed by atoms with Crippen LogP contribution in [0, 0.1) is 5.82 Å². The van der Waals surface area contributed by atoms with Gasteiger partial charge < -0.3 is 5.11 Å². The Morgan fingerprint density at radius 3 is 2.63 bits per heavy atom. The van der Waals surface area contributed by atoms with Crippen molar-refractivity contribution >= 4 is 16.0 Å². The summed E-state index contributed by atoms with van der Waals surface area (Å²) in [6, 6.07) is 4.98. The summed E-state index contributed by atoms with van der Waals surface area (Å²) in [5.41, 5.74) is -1.51. The van der Waals surface area contributed by atoms with Crippen molar-refractivity contribution in [3.63, 3.8) is 0 Å². The Labute approximate surface area is 110 Å². The average molecular weight is 287 g/mol. The number of aliphatic carboxylic acids is 1. The van der Waals surface area contributed by atoms with Crippen molar-refractivity contribution in [2.24, 2.45) is 0 Å². The number of nitrogens with zero attached hydrogens (tertiary/aromatic N) is 1. The summed E-state index contributed by atoms with van der Waals surface area (Å²) in [4.78, 5) is 10.8. The van der Waals surface area contributed by atoms with Gasteiger partial charge in [0, 0.05) is 6.54 Å². The molecule has 104 valence electrons. The van der Waals surface area contributed by atoms with Crippen LogP contribution in [0.2, 0.25) is 0 Å². The monoisotopic (exact) mass is 287 g/mol. The van der Waals surface area contributed by atoms with Gasteiger partial charge in [0.2, 0.25) is 10.0 Å². The van der Waals surface area contributed by atoms with Gasteiger partial charge in [-0.3, -0.25) is 4.79 Å². The summed E-state index contributed by atoms with van der Waals surface area (Å²) in [6.45, 7) is 1.43. The molecule has 0 spiro atoms. The SMILES string of the molecule is CC1(C(=O)O)CCCN1S(=O)(=O)c1ccccc1F. The molecule has 0 aliphatic carbocycles. The van der Waals surface area contributed by atoms with Crippen LogP contribution in [0.5, 0.6) is 0 Å². The number of benzene rings is 1. The van der Waals surface area contributed by atoms with E-state index in [9.17, 15) is 22.7 Å². The van der Waals surface area contributed by atoms with E-state index in [4.69, 9.17) is 0 Å². The van der Waals surface area contributed by atoms with Gasteiger partial charge in [-0.25, -0.2) is 12.8 Å². The molecule has 0 amide bonds. The maximum absolute atomic E-state index is 13.6. The van der Waals surface area contributed by atoms with Gasteiger partial charge in [0.1, 0.15) is 16.3 Å². The molecule has 2 rings (SSSR count). The second-order valence-corrected chi connectivity index (χ2v) is 6.52. The van der Waals surface area contributed by atoms with Crippen molar-refractivity contribution in [2.75, 3.05) is 6.54 Å². The first-order valence-electron chi connectivity index (χ1n) is 5.81. The molecule has 0 saturated carbocycles. The normalized spacial score (nSPS) is 24.5. The van der Waals surface area contributed by atoms with Crippen molar-refractivity contribution in [3.8, 4) is 0 Å². The second kappa shape index (κ2) is 4.57. The highest BCUT2D eigenvalue weighted by Gasteiger charge is 2.50. The number of carbonyl (C=O) groups is 1. The van der Waals surface area contributed by atoms with E-state index in [1.54, 1.807) is 0 Å². The first-order chi connectivity index (χ1) is 8.80. The molecule has 1 heterocycles. The molecule has 1 atom stereocenters. The summed E-state index contributed by atoms with van der Waals surface area (Å²) in [5.74, 6) is -2.09. The van der Waals surface area contributed by atoms with Crippen LogP contribution < -0.4 is 0 Å². The van der Waals surface area contributed by atoms with Gasteiger partial charge in [-0.05, 0) is 31.9 Å². The Balaban J connectivity index is 2.52. The van der Waals surface area contributed by atoms with Gasteiger partial charge in [0.05, 0.1) is 0 Å². The minimum atomic E-state index is -4.14. The van der Waals surface area contributed by atoms with Crippen LogP contribution >= 0.6 is 0 Å². The molecule has 1 aromatic carbocycles. The minimum absolute atomic E-state index is 0.0828. The zero-order valence-corrected chi connectivity index (χ0v) is 11.2. The number of halogens is 1.